The summed E-state index contributed by atoms with van der Waals surface area (Å²) in [4.78, 5) is 0. The van der Waals surface area contributed by atoms with Crippen LogP contribution in [0.5, 0.6) is 0 Å². The van der Waals surface area contributed by atoms with Crippen molar-refractivity contribution in [2.24, 2.45) is 16.7 Å². The minimum absolute atomic E-state index is 0.0450. The van der Waals surface area contributed by atoms with Gasteiger partial charge in [-0.2, -0.15) is 13.2 Å². The first-order valence-corrected chi connectivity index (χ1v) is 5.86. The van der Waals surface area contributed by atoms with E-state index in [1.54, 1.807) is 0 Å². The lowest BCUT2D eigenvalue weighted by atomic mass is 9.77. The molecular weight excluding hydrogens is 201 g/mol. The first-order valence-electron chi connectivity index (χ1n) is 5.86. The molecule has 0 radical (unpaired) electrons. The number of hydrogen-bond acceptors (Lipinski definition) is 0. The minimum Gasteiger partial charge on any atom is -0.171 e. The van der Waals surface area contributed by atoms with E-state index < -0.39 is 17.5 Å². The Morgan fingerprint density at radius 1 is 1.07 bits per heavy atom. The van der Waals surface area contributed by atoms with Crippen LogP contribution in [0.3, 0.4) is 0 Å². The lowest BCUT2D eigenvalue weighted by Crippen LogP contribution is -2.32. The number of rotatable bonds is 4. The Balaban J connectivity index is 2.92. The van der Waals surface area contributed by atoms with Crippen LogP contribution in [0, 0.1) is 16.7 Å². The highest BCUT2D eigenvalue weighted by Crippen LogP contribution is 2.74. The summed E-state index contributed by atoms with van der Waals surface area (Å²) in [6.45, 7) is 7.29. The maximum atomic E-state index is 12.8. The van der Waals surface area contributed by atoms with Gasteiger partial charge in [0.25, 0.3) is 0 Å². The van der Waals surface area contributed by atoms with E-state index in [0.29, 0.717) is 6.42 Å². The Morgan fingerprint density at radius 2 is 1.53 bits per heavy atom. The molecule has 1 saturated carbocycles. The van der Waals surface area contributed by atoms with E-state index in [1.165, 1.54) is 6.92 Å². The number of halogens is 3. The fourth-order valence-electron chi connectivity index (χ4n) is 3.50. The van der Waals surface area contributed by atoms with Crippen LogP contribution in [0.4, 0.5) is 13.2 Å². The highest BCUT2D eigenvalue weighted by atomic mass is 19.4. The van der Waals surface area contributed by atoms with Gasteiger partial charge in [0, 0.05) is 0 Å². The average molecular weight is 222 g/mol. The normalized spacial score (nSPS) is 31.4. The number of hydrogen-bond donors (Lipinski definition) is 0. The van der Waals surface area contributed by atoms with Crippen LogP contribution in [-0.2, 0) is 0 Å². The van der Waals surface area contributed by atoms with Crippen LogP contribution in [0.25, 0.3) is 0 Å². The Labute approximate surface area is 90.2 Å². The molecule has 1 rings (SSSR count). The third kappa shape index (κ3) is 1.68. The Kier molecular flexibility index (Phi) is 3.15. The average Bonchev–Trinajstić information content (AvgIpc) is 2.86. The van der Waals surface area contributed by atoms with E-state index in [9.17, 15) is 13.2 Å². The maximum absolute atomic E-state index is 12.8. The van der Waals surface area contributed by atoms with Gasteiger partial charge in [-0.15, -0.1) is 0 Å². The molecule has 0 nitrogen and oxygen atoms in total. The van der Waals surface area contributed by atoms with Crippen LogP contribution in [0.15, 0.2) is 0 Å². The molecule has 0 aliphatic heterocycles. The molecule has 0 N–H and O–H groups in total. The van der Waals surface area contributed by atoms with Gasteiger partial charge < -0.3 is 0 Å². The van der Waals surface area contributed by atoms with Gasteiger partial charge >= 0.3 is 6.18 Å². The largest absolute Gasteiger partial charge is 0.392 e. The predicted molar refractivity (Wildman–Crippen MR) is 55.6 cm³/mol. The Morgan fingerprint density at radius 3 is 1.73 bits per heavy atom. The summed E-state index contributed by atoms with van der Waals surface area (Å²) in [7, 11) is 0. The molecule has 0 bridgehead atoms. The molecule has 0 spiro atoms. The zero-order valence-corrected chi connectivity index (χ0v) is 10.0. The fourth-order valence-corrected chi connectivity index (χ4v) is 3.50. The SMILES string of the molecule is CCC1(CC)CC1(CC)C(C)C(F)(F)F. The molecule has 2 unspecified atom stereocenters. The van der Waals surface area contributed by atoms with Crippen LogP contribution >= 0.6 is 0 Å². The molecule has 1 aliphatic rings. The van der Waals surface area contributed by atoms with Gasteiger partial charge in [-0.1, -0.05) is 27.7 Å². The van der Waals surface area contributed by atoms with Crippen molar-refractivity contribution in [2.75, 3.05) is 0 Å². The lowest BCUT2D eigenvalue weighted by Gasteiger charge is -2.30. The molecule has 0 aromatic heterocycles. The van der Waals surface area contributed by atoms with Crippen LogP contribution in [0.2, 0.25) is 0 Å². The van der Waals surface area contributed by atoms with E-state index >= 15 is 0 Å². The van der Waals surface area contributed by atoms with Gasteiger partial charge in [0.05, 0.1) is 5.92 Å². The molecule has 0 aromatic carbocycles. The second kappa shape index (κ2) is 3.67. The molecule has 2 atom stereocenters. The summed E-state index contributed by atoms with van der Waals surface area (Å²) >= 11 is 0. The minimum atomic E-state index is -4.04. The summed E-state index contributed by atoms with van der Waals surface area (Å²) in [6, 6.07) is 0. The highest BCUT2D eigenvalue weighted by molar-refractivity contribution is 5.15. The first kappa shape index (κ1) is 12.9. The molecule has 0 heterocycles. The quantitative estimate of drug-likeness (QED) is 0.641. The number of alkyl halides is 3. The van der Waals surface area contributed by atoms with Crippen LogP contribution in [-0.4, -0.2) is 6.18 Å². The Bertz CT molecular complexity index is 228. The molecule has 90 valence electrons. The molecule has 0 aromatic rings. The standard InChI is InChI=1S/C12H21F3/c1-5-10(6-2)8-11(10,7-3)9(4)12(13,14)15/h9H,5-8H2,1-4H3. The summed E-state index contributed by atoms with van der Waals surface area (Å²) in [5.74, 6) is -1.16. The second-order valence-electron chi connectivity index (χ2n) is 4.94. The lowest BCUT2D eigenvalue weighted by molar-refractivity contribution is -0.193. The van der Waals surface area contributed by atoms with Crippen molar-refractivity contribution in [1.29, 1.82) is 0 Å². The van der Waals surface area contributed by atoms with Gasteiger partial charge in [0.1, 0.15) is 0 Å². The van der Waals surface area contributed by atoms with Gasteiger partial charge in [-0.3, -0.25) is 0 Å². The van der Waals surface area contributed by atoms with Gasteiger partial charge in [-0.25, -0.2) is 0 Å². The van der Waals surface area contributed by atoms with E-state index in [2.05, 4.69) is 0 Å². The molecular formula is C12H21F3. The van der Waals surface area contributed by atoms with Crippen molar-refractivity contribution in [1.82, 2.24) is 0 Å². The Hall–Kier alpha value is -0.210. The molecule has 1 aliphatic carbocycles. The van der Waals surface area contributed by atoms with Gasteiger partial charge in [0.2, 0.25) is 0 Å². The van der Waals surface area contributed by atoms with E-state index in [-0.39, 0.29) is 5.41 Å². The van der Waals surface area contributed by atoms with Gasteiger partial charge in [-0.05, 0) is 36.5 Å². The van der Waals surface area contributed by atoms with Crippen molar-refractivity contribution in [3.05, 3.63) is 0 Å². The van der Waals surface area contributed by atoms with Crippen LogP contribution in [0.1, 0.15) is 53.4 Å². The second-order valence-corrected chi connectivity index (χ2v) is 4.94. The van der Waals surface area contributed by atoms with Gasteiger partial charge in [0.15, 0.2) is 0 Å². The smallest absolute Gasteiger partial charge is 0.171 e. The van der Waals surface area contributed by atoms with E-state index in [4.69, 9.17) is 0 Å². The molecule has 0 amide bonds. The van der Waals surface area contributed by atoms with Crippen molar-refractivity contribution in [3.8, 4) is 0 Å². The topological polar surface area (TPSA) is 0 Å². The molecule has 15 heavy (non-hydrogen) atoms. The summed E-state index contributed by atoms with van der Waals surface area (Å²) in [6.07, 6.45) is -0.892. The summed E-state index contributed by atoms with van der Waals surface area (Å²) < 4.78 is 38.4. The summed E-state index contributed by atoms with van der Waals surface area (Å²) in [5.41, 5.74) is -0.522. The maximum Gasteiger partial charge on any atom is 0.392 e. The van der Waals surface area contributed by atoms with Crippen molar-refractivity contribution in [3.63, 3.8) is 0 Å². The first-order chi connectivity index (χ1) is 6.79. The van der Waals surface area contributed by atoms with E-state index in [0.717, 1.165) is 19.3 Å². The molecule has 3 heteroatoms. The monoisotopic (exact) mass is 222 g/mol. The zero-order chi connectivity index (χ0) is 11.9. The van der Waals surface area contributed by atoms with Crippen LogP contribution < -0.4 is 0 Å². The van der Waals surface area contributed by atoms with Crippen molar-refractivity contribution < 1.29 is 13.2 Å². The predicted octanol–water partition coefficient (Wildman–Crippen LogP) is 4.79. The summed E-state index contributed by atoms with van der Waals surface area (Å²) in [5, 5.41) is 0. The molecule has 1 fully saturated rings. The molecule has 0 saturated heterocycles. The fraction of sp³-hybridized carbons (Fsp3) is 1.00. The van der Waals surface area contributed by atoms with Crippen molar-refractivity contribution in [2.45, 2.75) is 59.6 Å². The third-order valence-electron chi connectivity index (χ3n) is 4.89. The van der Waals surface area contributed by atoms with E-state index in [1.807, 2.05) is 20.8 Å². The zero-order valence-electron chi connectivity index (χ0n) is 10.0. The third-order valence-corrected chi connectivity index (χ3v) is 4.89. The van der Waals surface area contributed by atoms with Crippen molar-refractivity contribution >= 4 is 0 Å². The highest BCUT2D eigenvalue weighted by Gasteiger charge is 2.70.